The van der Waals surface area contributed by atoms with E-state index in [1.807, 2.05) is 42.5 Å². The molecule has 0 aliphatic carbocycles. The van der Waals surface area contributed by atoms with Gasteiger partial charge in [-0.2, -0.15) is 0 Å². The molecule has 0 atom stereocenters. The highest BCUT2D eigenvalue weighted by atomic mass is 35.5. The van der Waals surface area contributed by atoms with Gasteiger partial charge in [0.05, 0.1) is 5.56 Å². The lowest BCUT2D eigenvalue weighted by Crippen LogP contribution is -2.15. The van der Waals surface area contributed by atoms with Gasteiger partial charge in [0.25, 0.3) is 0 Å². The van der Waals surface area contributed by atoms with Gasteiger partial charge in [0.15, 0.2) is 5.84 Å². The van der Waals surface area contributed by atoms with Gasteiger partial charge in [-0.3, -0.25) is 0 Å². The Labute approximate surface area is 167 Å². The molecule has 2 N–H and O–H groups in total. The van der Waals surface area contributed by atoms with E-state index in [9.17, 15) is 4.79 Å². The second kappa shape index (κ2) is 9.26. The zero-order chi connectivity index (χ0) is 19.1. The van der Waals surface area contributed by atoms with E-state index in [0.717, 1.165) is 10.6 Å². The van der Waals surface area contributed by atoms with E-state index >= 15 is 0 Å². The van der Waals surface area contributed by atoms with Gasteiger partial charge in [0, 0.05) is 21.2 Å². The third-order valence-electron chi connectivity index (χ3n) is 3.71. The van der Waals surface area contributed by atoms with Gasteiger partial charge in [-0.15, -0.1) is 11.8 Å². The monoisotopic (exact) mass is 396 g/mol. The van der Waals surface area contributed by atoms with E-state index in [1.165, 1.54) is 5.56 Å². The van der Waals surface area contributed by atoms with E-state index < -0.39 is 5.97 Å². The number of thioether (sulfide) groups is 1. The van der Waals surface area contributed by atoms with Gasteiger partial charge in [0.2, 0.25) is 0 Å². The van der Waals surface area contributed by atoms with Gasteiger partial charge >= 0.3 is 5.97 Å². The normalized spacial score (nSPS) is 11.2. The lowest BCUT2D eigenvalue weighted by Gasteiger charge is -2.07. The number of hydrogen-bond donors (Lipinski definition) is 1. The molecule has 3 aromatic carbocycles. The van der Waals surface area contributed by atoms with E-state index in [2.05, 4.69) is 5.16 Å². The summed E-state index contributed by atoms with van der Waals surface area (Å²) in [6.07, 6.45) is 0. The van der Waals surface area contributed by atoms with Crippen LogP contribution in [0, 0.1) is 0 Å². The fraction of sp³-hybridized carbons (Fsp3) is 0.0476. The fourth-order valence-corrected chi connectivity index (χ4v) is 3.43. The van der Waals surface area contributed by atoms with Crippen molar-refractivity contribution in [1.29, 1.82) is 0 Å². The molecule has 0 aliphatic heterocycles. The maximum Gasteiger partial charge on any atom is 0.366 e. The Morgan fingerprint density at radius 1 is 0.963 bits per heavy atom. The van der Waals surface area contributed by atoms with E-state index in [-0.39, 0.29) is 5.84 Å². The molecule has 0 saturated carbocycles. The molecule has 3 rings (SSSR count). The number of nitrogens with zero attached hydrogens (tertiary/aromatic N) is 1. The molecule has 0 bridgehead atoms. The Kier molecular flexibility index (Phi) is 6.52. The number of halogens is 1. The van der Waals surface area contributed by atoms with Crippen molar-refractivity contribution in [2.75, 3.05) is 0 Å². The Balaban J connectivity index is 1.69. The Morgan fingerprint density at radius 3 is 2.37 bits per heavy atom. The molecule has 4 nitrogen and oxygen atoms in total. The number of rotatable bonds is 6. The molecule has 0 aliphatic rings. The van der Waals surface area contributed by atoms with Gasteiger partial charge in [0.1, 0.15) is 0 Å². The van der Waals surface area contributed by atoms with Crippen molar-refractivity contribution in [2.45, 2.75) is 10.6 Å². The number of oxime groups is 1. The van der Waals surface area contributed by atoms with Crippen molar-refractivity contribution in [3.05, 3.63) is 101 Å². The minimum atomic E-state index is -0.553. The van der Waals surface area contributed by atoms with Crippen LogP contribution in [0.15, 0.2) is 88.9 Å². The molecule has 0 radical (unpaired) electrons. The third kappa shape index (κ3) is 5.36. The first-order valence-corrected chi connectivity index (χ1v) is 9.56. The maximum absolute atomic E-state index is 12.4. The standard InChI is InChI=1S/C21H17ClN2O2S/c22-17-12-10-16(11-13-17)20(23)24-26-21(25)18-8-4-5-9-19(18)27-14-15-6-2-1-3-7-15/h1-13H,14H2,(H2,23,24). The highest BCUT2D eigenvalue weighted by Gasteiger charge is 2.14. The number of hydrogen-bond acceptors (Lipinski definition) is 4. The topological polar surface area (TPSA) is 64.7 Å². The first kappa shape index (κ1) is 19.0. The summed E-state index contributed by atoms with van der Waals surface area (Å²) in [5, 5.41) is 4.34. The summed E-state index contributed by atoms with van der Waals surface area (Å²) >= 11 is 7.41. The number of nitrogens with two attached hydrogens (primary N) is 1. The summed E-state index contributed by atoms with van der Waals surface area (Å²) in [7, 11) is 0. The van der Waals surface area contributed by atoms with Gasteiger partial charge in [-0.1, -0.05) is 59.2 Å². The Bertz CT molecular complexity index is 944. The molecule has 0 amide bonds. The average Bonchev–Trinajstić information content (AvgIpc) is 2.71. The lowest BCUT2D eigenvalue weighted by molar-refractivity contribution is 0.0512. The van der Waals surface area contributed by atoms with Crippen LogP contribution in [0.5, 0.6) is 0 Å². The quantitative estimate of drug-likeness (QED) is 0.207. The van der Waals surface area contributed by atoms with Crippen molar-refractivity contribution in [3.63, 3.8) is 0 Å². The predicted molar refractivity (Wildman–Crippen MR) is 110 cm³/mol. The molecule has 0 fully saturated rings. The molecular formula is C21H17ClN2O2S. The molecule has 3 aromatic rings. The van der Waals surface area contributed by atoms with Crippen LogP contribution in [0.4, 0.5) is 0 Å². The molecular weight excluding hydrogens is 380 g/mol. The third-order valence-corrected chi connectivity index (χ3v) is 5.11. The molecule has 0 spiro atoms. The van der Waals surface area contributed by atoms with E-state index in [4.69, 9.17) is 22.2 Å². The van der Waals surface area contributed by atoms with Crippen molar-refractivity contribution in [1.82, 2.24) is 0 Å². The zero-order valence-corrected chi connectivity index (χ0v) is 15.9. The summed E-state index contributed by atoms with van der Waals surface area (Å²) in [4.78, 5) is 18.3. The van der Waals surface area contributed by atoms with Crippen LogP contribution in [-0.4, -0.2) is 11.8 Å². The van der Waals surface area contributed by atoms with Crippen LogP contribution in [0.2, 0.25) is 5.02 Å². The molecule has 0 aromatic heterocycles. The average molecular weight is 397 g/mol. The van der Waals surface area contributed by atoms with Crippen LogP contribution in [0.3, 0.4) is 0 Å². The van der Waals surface area contributed by atoms with Crippen LogP contribution in [0.1, 0.15) is 21.5 Å². The molecule has 136 valence electrons. The predicted octanol–water partition coefficient (Wildman–Crippen LogP) is 5.11. The van der Waals surface area contributed by atoms with Crippen molar-refractivity contribution >= 4 is 35.2 Å². The van der Waals surface area contributed by atoms with Crippen LogP contribution in [-0.2, 0) is 10.6 Å². The number of carbonyl (C=O) groups is 1. The van der Waals surface area contributed by atoms with Gasteiger partial charge in [-0.05, 0) is 42.0 Å². The summed E-state index contributed by atoms with van der Waals surface area (Å²) in [5.74, 6) is 0.305. The molecule has 0 unspecified atom stereocenters. The number of amidine groups is 1. The Hall–Kier alpha value is -2.76. The Morgan fingerprint density at radius 2 is 1.63 bits per heavy atom. The number of carbonyl (C=O) groups excluding carboxylic acids is 1. The van der Waals surface area contributed by atoms with Crippen LogP contribution < -0.4 is 5.73 Å². The van der Waals surface area contributed by atoms with Crippen molar-refractivity contribution < 1.29 is 9.63 Å². The fourth-order valence-electron chi connectivity index (χ4n) is 2.31. The van der Waals surface area contributed by atoms with Crippen molar-refractivity contribution in [2.24, 2.45) is 10.9 Å². The summed E-state index contributed by atoms with van der Waals surface area (Å²) in [6.45, 7) is 0. The first-order chi connectivity index (χ1) is 13.1. The molecule has 27 heavy (non-hydrogen) atoms. The molecule has 0 saturated heterocycles. The first-order valence-electron chi connectivity index (χ1n) is 8.20. The minimum absolute atomic E-state index is 0.106. The zero-order valence-electron chi connectivity index (χ0n) is 14.3. The van der Waals surface area contributed by atoms with Gasteiger partial charge < -0.3 is 10.6 Å². The molecule has 0 heterocycles. The highest BCUT2D eigenvalue weighted by Crippen LogP contribution is 2.26. The van der Waals surface area contributed by atoms with E-state index in [1.54, 1.807) is 48.2 Å². The van der Waals surface area contributed by atoms with Crippen LogP contribution >= 0.6 is 23.4 Å². The number of benzene rings is 3. The van der Waals surface area contributed by atoms with E-state index in [0.29, 0.717) is 16.1 Å². The summed E-state index contributed by atoms with van der Waals surface area (Å²) in [5.41, 5.74) is 8.12. The van der Waals surface area contributed by atoms with Crippen LogP contribution in [0.25, 0.3) is 0 Å². The van der Waals surface area contributed by atoms with Crippen molar-refractivity contribution in [3.8, 4) is 0 Å². The van der Waals surface area contributed by atoms with Gasteiger partial charge in [-0.25, -0.2) is 4.79 Å². The summed E-state index contributed by atoms with van der Waals surface area (Å²) < 4.78 is 0. The summed E-state index contributed by atoms with van der Waals surface area (Å²) in [6, 6.07) is 24.1. The molecule has 6 heteroatoms. The second-order valence-corrected chi connectivity index (χ2v) is 7.09. The SMILES string of the molecule is N/C(=N/OC(=O)c1ccccc1SCc1ccccc1)c1ccc(Cl)cc1. The minimum Gasteiger partial charge on any atom is -0.380 e. The highest BCUT2D eigenvalue weighted by molar-refractivity contribution is 7.98. The second-order valence-electron chi connectivity index (χ2n) is 5.63. The lowest BCUT2D eigenvalue weighted by atomic mass is 10.2. The smallest absolute Gasteiger partial charge is 0.366 e. The maximum atomic E-state index is 12.4. The largest absolute Gasteiger partial charge is 0.380 e.